The molecule has 0 N–H and O–H groups in total. The molecule has 0 bridgehead atoms. The molecule has 0 aromatic heterocycles. The van der Waals surface area contributed by atoms with Crippen LogP contribution in [0.4, 0.5) is 0 Å². The Kier molecular flexibility index (Phi) is 52.7. The van der Waals surface area contributed by atoms with Gasteiger partial charge in [-0.15, -0.1) is 0 Å². The molecule has 0 radical (unpaired) electrons. The second-order valence-corrected chi connectivity index (χ2v) is 3.53. The predicted molar refractivity (Wildman–Crippen MR) is 68.1 cm³/mol. The molecule has 0 fully saturated rings. The quantitative estimate of drug-likeness (QED) is 0.603. The van der Waals surface area contributed by atoms with Crippen molar-refractivity contribution in [2.45, 2.75) is 13.5 Å². The van der Waals surface area contributed by atoms with E-state index in [4.69, 9.17) is 32.7 Å². The van der Waals surface area contributed by atoms with Crippen LogP contribution >= 0.6 is 0 Å². The molecule has 0 spiro atoms. The first-order valence-corrected chi connectivity index (χ1v) is 5.64. The summed E-state index contributed by atoms with van der Waals surface area (Å²) in [7, 11) is 1.66. The Morgan fingerprint density at radius 2 is 1.39 bits per heavy atom. The van der Waals surface area contributed by atoms with Crippen LogP contribution in [0.15, 0.2) is 24.3 Å². The number of methoxy groups -OCH3 is 1. The zero-order valence-electron chi connectivity index (χ0n) is 12.3. The number of ether oxygens (including phenoxy) is 2. The second-order valence-electron chi connectivity index (χ2n) is 2.63. The van der Waals surface area contributed by atoms with E-state index in [2.05, 4.69) is 49.1 Å². The minimum atomic E-state index is 0.579. The fourth-order valence-corrected chi connectivity index (χ4v) is 1.04. The number of hydrogen-bond donors (Lipinski definition) is 0. The van der Waals surface area contributed by atoms with E-state index in [9.17, 15) is 0 Å². The first-order chi connectivity index (χ1) is 11.2. The molecule has 0 atom stereocenters. The maximum absolute atomic E-state index is 7.50. The standard InChI is InChI=1S/C10H12O2.5CO.Cr/c1-3-12-8-9-5-4-6-10(7-9)11-2;5*1-2;/h4-7H,8H2,1-2H3;;;;;;. The predicted octanol–water partition coefficient (Wildman–Crippen LogP) is 1.72. The van der Waals surface area contributed by atoms with Crippen molar-refractivity contribution >= 4 is 4.57 Å². The Bertz CT molecular complexity index is 452. The third-order valence-corrected chi connectivity index (χ3v) is 1.76. The number of hydrogen-bond acceptors (Lipinski definition) is 2. The molecular weight excluding hydrogens is 344 g/mol. The van der Waals surface area contributed by atoms with Crippen LogP contribution in [0.2, 0.25) is 0 Å². The van der Waals surface area contributed by atoms with Gasteiger partial charge >= 0.3 is 143 Å². The molecule has 1 aromatic rings. The molecule has 0 aliphatic heterocycles. The average molecular weight is 356 g/mol. The van der Waals surface area contributed by atoms with E-state index in [0.29, 0.717) is 6.61 Å². The molecule has 0 saturated carbocycles. The van der Waals surface area contributed by atoms with Gasteiger partial charge in [-0.25, -0.2) is 0 Å². The first kappa shape index (κ1) is 32.9. The first-order valence-electron chi connectivity index (χ1n) is 5.00. The van der Waals surface area contributed by atoms with Crippen LogP contribution in [0.3, 0.4) is 0 Å². The van der Waals surface area contributed by atoms with Gasteiger partial charge in [0, 0.05) is 0 Å². The molecule has 23 heavy (non-hydrogen) atoms. The van der Waals surface area contributed by atoms with Crippen molar-refractivity contribution in [2.24, 2.45) is 0 Å². The van der Waals surface area contributed by atoms with Crippen molar-refractivity contribution in [2.75, 3.05) is 7.11 Å². The van der Waals surface area contributed by atoms with Gasteiger partial charge in [0.2, 0.25) is 0 Å². The van der Waals surface area contributed by atoms with Crippen LogP contribution in [-0.4, -0.2) is 11.7 Å². The normalized spacial score (nSPS) is 5.91. The van der Waals surface area contributed by atoms with Gasteiger partial charge in [0.05, 0.1) is 0 Å². The van der Waals surface area contributed by atoms with Crippen LogP contribution in [0, 0.1) is 33.3 Å². The number of rotatable bonds is 4. The Morgan fingerprint density at radius 3 is 1.74 bits per heavy atom. The number of benzene rings is 1. The van der Waals surface area contributed by atoms with Gasteiger partial charge < -0.3 is 0 Å². The van der Waals surface area contributed by atoms with Gasteiger partial charge in [-0.05, 0) is 0 Å². The zero-order chi connectivity index (χ0) is 19.7. The van der Waals surface area contributed by atoms with Crippen LogP contribution in [-0.2, 0) is 50.5 Å². The van der Waals surface area contributed by atoms with E-state index in [1.165, 1.54) is 0 Å². The minimum absolute atomic E-state index is 0.579. The van der Waals surface area contributed by atoms with Crippen molar-refractivity contribution < 1.29 is 48.6 Å². The summed E-state index contributed by atoms with van der Waals surface area (Å²) in [6.45, 7) is 25.0. The van der Waals surface area contributed by atoms with Gasteiger partial charge in [0.1, 0.15) is 0 Å². The molecule has 120 valence electrons. The van der Waals surface area contributed by atoms with E-state index in [1.807, 2.05) is 31.2 Å². The molecule has 8 heteroatoms. The van der Waals surface area contributed by atoms with Crippen molar-refractivity contribution in [3.63, 3.8) is 0 Å². The maximum atomic E-state index is 7.50. The molecule has 0 amide bonds. The average Bonchev–Trinajstić information content (AvgIpc) is 2.68. The fourth-order valence-electron chi connectivity index (χ4n) is 0.947. The van der Waals surface area contributed by atoms with Gasteiger partial charge in [-0.3, -0.25) is 0 Å². The molecule has 1 aromatic carbocycles. The summed E-state index contributed by atoms with van der Waals surface area (Å²) in [4.78, 5) is 0. The molecule has 0 aliphatic rings. The summed E-state index contributed by atoms with van der Waals surface area (Å²) in [6, 6.07) is 7.83. The van der Waals surface area contributed by atoms with E-state index >= 15 is 0 Å². The van der Waals surface area contributed by atoms with Crippen molar-refractivity contribution in [3.8, 4) is 5.75 Å². The molecule has 1 rings (SSSR count). The third kappa shape index (κ3) is 28.9. The fraction of sp³-hybridized carbons (Fsp3) is 0.200. The van der Waals surface area contributed by atoms with Gasteiger partial charge in [0.15, 0.2) is 0 Å². The Hall–Kier alpha value is -1.92. The molecule has 0 aliphatic carbocycles. The molecular formula is C15H12CrO7. The summed E-state index contributed by atoms with van der Waals surface area (Å²) in [5.74, 6) is 0.860. The summed E-state index contributed by atoms with van der Waals surface area (Å²) in [6.07, 6.45) is 0. The van der Waals surface area contributed by atoms with Crippen molar-refractivity contribution in [3.05, 3.63) is 63.1 Å². The molecule has 7 nitrogen and oxygen atoms in total. The third-order valence-electron chi connectivity index (χ3n) is 1.58. The summed E-state index contributed by atoms with van der Waals surface area (Å²) >= 11 is 2.80. The Balaban J connectivity index is -0.0000000923. The van der Waals surface area contributed by atoms with E-state index in [-0.39, 0.29) is 0 Å². The summed E-state index contributed by atoms with van der Waals surface area (Å²) < 4.78 is 48.8. The molecule has 0 heterocycles. The molecule has 0 unspecified atom stereocenters. The monoisotopic (exact) mass is 356 g/mol. The Labute approximate surface area is 143 Å². The van der Waals surface area contributed by atoms with E-state index in [1.54, 1.807) is 7.11 Å². The summed E-state index contributed by atoms with van der Waals surface area (Å²) in [5, 5.41) is 0. The van der Waals surface area contributed by atoms with Crippen LogP contribution < -0.4 is 4.74 Å². The summed E-state index contributed by atoms with van der Waals surface area (Å²) in [5.41, 5.74) is 1.11. The van der Waals surface area contributed by atoms with Crippen molar-refractivity contribution in [1.29, 1.82) is 0 Å². The van der Waals surface area contributed by atoms with Crippen LogP contribution in [0.5, 0.6) is 5.75 Å². The van der Waals surface area contributed by atoms with E-state index < -0.39 is 0 Å². The van der Waals surface area contributed by atoms with Gasteiger partial charge in [0.25, 0.3) is 0 Å². The van der Waals surface area contributed by atoms with Gasteiger partial charge in [-0.1, -0.05) is 0 Å². The topological polar surface area (TPSA) is 118 Å². The van der Waals surface area contributed by atoms with Crippen LogP contribution in [0.1, 0.15) is 12.5 Å². The SMILES string of the molecule is COc1cccc(CO[C](C)=[Cr])c1.[C-]#[O+].[C-]#[O+].[C-]#[O+].[C-]#[O+].[C-]#[O+]. The molecule has 0 saturated heterocycles. The van der Waals surface area contributed by atoms with Crippen LogP contribution in [0.25, 0.3) is 0 Å². The van der Waals surface area contributed by atoms with Crippen molar-refractivity contribution in [1.82, 2.24) is 0 Å². The van der Waals surface area contributed by atoms with Gasteiger partial charge in [-0.2, -0.15) is 0 Å². The Morgan fingerprint density at radius 1 is 0.957 bits per heavy atom. The van der Waals surface area contributed by atoms with E-state index in [0.717, 1.165) is 15.9 Å². The zero-order valence-corrected chi connectivity index (χ0v) is 13.6. The second kappa shape index (κ2) is 36.9.